The fourth-order valence-electron chi connectivity index (χ4n) is 2.42. The molecular weight excluding hydrogens is 348 g/mol. The third kappa shape index (κ3) is 3.60. The molecule has 0 saturated heterocycles. The number of fused-ring (bicyclic) bond motifs is 1. The van der Waals surface area contributed by atoms with Gasteiger partial charge in [0.25, 0.3) is 5.56 Å². The third-order valence-corrected chi connectivity index (χ3v) is 5.00. The summed E-state index contributed by atoms with van der Waals surface area (Å²) in [7, 11) is 1.64. The molecule has 6 nitrogen and oxygen atoms in total. The van der Waals surface area contributed by atoms with Crippen molar-refractivity contribution in [2.45, 2.75) is 17.3 Å². The van der Waals surface area contributed by atoms with Gasteiger partial charge in [-0.2, -0.15) is 5.26 Å². The molecule has 7 heteroatoms. The Balaban J connectivity index is 1.81. The van der Waals surface area contributed by atoms with Crippen molar-refractivity contribution < 1.29 is 4.79 Å². The van der Waals surface area contributed by atoms with Crippen LogP contribution in [-0.4, -0.2) is 20.7 Å². The standard InChI is InChI=1S/C19H16N4O2S/c1-12(17(24)21-14-7-5-6-13(10-14)11-20)26-19-22-16-9-4-3-8-15(16)18(25)23(19)2/h3-10,12H,1-2H3,(H,21,24)/t12-/m0/s1. The largest absolute Gasteiger partial charge is 0.325 e. The summed E-state index contributed by atoms with van der Waals surface area (Å²) in [5.41, 5.74) is 1.49. The van der Waals surface area contributed by atoms with Gasteiger partial charge in [-0.1, -0.05) is 30.0 Å². The van der Waals surface area contributed by atoms with E-state index in [1.54, 1.807) is 56.4 Å². The Hall–Kier alpha value is -3.11. The van der Waals surface area contributed by atoms with Crippen molar-refractivity contribution in [1.29, 1.82) is 5.26 Å². The topological polar surface area (TPSA) is 87.8 Å². The highest BCUT2D eigenvalue weighted by atomic mass is 32.2. The van der Waals surface area contributed by atoms with Gasteiger partial charge in [-0.05, 0) is 37.3 Å². The monoisotopic (exact) mass is 364 g/mol. The van der Waals surface area contributed by atoms with Gasteiger partial charge in [-0.25, -0.2) is 4.98 Å². The van der Waals surface area contributed by atoms with Crippen LogP contribution in [0.1, 0.15) is 12.5 Å². The van der Waals surface area contributed by atoms with E-state index in [0.717, 1.165) is 0 Å². The molecule has 1 amide bonds. The zero-order valence-corrected chi connectivity index (χ0v) is 15.1. The lowest BCUT2D eigenvalue weighted by Gasteiger charge is -2.14. The van der Waals surface area contributed by atoms with Gasteiger partial charge in [0, 0.05) is 12.7 Å². The van der Waals surface area contributed by atoms with E-state index < -0.39 is 5.25 Å². The van der Waals surface area contributed by atoms with Crippen molar-refractivity contribution >= 4 is 34.3 Å². The maximum absolute atomic E-state index is 12.4. The molecule has 0 unspecified atom stereocenters. The van der Waals surface area contributed by atoms with Crippen LogP contribution < -0.4 is 10.9 Å². The van der Waals surface area contributed by atoms with E-state index >= 15 is 0 Å². The maximum Gasteiger partial charge on any atom is 0.261 e. The number of nitriles is 1. The molecule has 3 aromatic rings. The number of rotatable bonds is 4. The molecular formula is C19H16N4O2S. The molecule has 3 rings (SSSR count). The van der Waals surface area contributed by atoms with Crippen LogP contribution in [-0.2, 0) is 11.8 Å². The van der Waals surface area contributed by atoms with Crippen molar-refractivity contribution in [3.63, 3.8) is 0 Å². The van der Waals surface area contributed by atoms with Crippen molar-refractivity contribution in [2.75, 3.05) is 5.32 Å². The fourth-order valence-corrected chi connectivity index (χ4v) is 3.30. The van der Waals surface area contributed by atoms with E-state index in [1.807, 2.05) is 12.1 Å². The summed E-state index contributed by atoms with van der Waals surface area (Å²) in [6, 6.07) is 15.9. The lowest BCUT2D eigenvalue weighted by atomic mass is 10.2. The van der Waals surface area contributed by atoms with Gasteiger partial charge in [0.05, 0.1) is 27.8 Å². The Morgan fingerprint density at radius 1 is 1.27 bits per heavy atom. The Kier molecular flexibility index (Phi) is 5.05. The first-order valence-electron chi connectivity index (χ1n) is 7.93. The van der Waals surface area contributed by atoms with Gasteiger partial charge >= 0.3 is 0 Å². The zero-order valence-electron chi connectivity index (χ0n) is 14.3. The highest BCUT2D eigenvalue weighted by Gasteiger charge is 2.18. The highest BCUT2D eigenvalue weighted by Crippen LogP contribution is 2.23. The normalized spacial score (nSPS) is 11.7. The number of carbonyl (C=O) groups excluding carboxylic acids is 1. The number of thioether (sulfide) groups is 1. The summed E-state index contributed by atoms with van der Waals surface area (Å²) >= 11 is 1.21. The van der Waals surface area contributed by atoms with E-state index in [4.69, 9.17) is 5.26 Å². The van der Waals surface area contributed by atoms with E-state index in [1.165, 1.54) is 16.3 Å². The maximum atomic E-state index is 12.4. The van der Waals surface area contributed by atoms with Crippen LogP contribution >= 0.6 is 11.8 Å². The molecule has 0 spiro atoms. The number of benzene rings is 2. The van der Waals surface area contributed by atoms with Crippen molar-refractivity contribution in [3.05, 3.63) is 64.4 Å². The number of nitrogens with one attached hydrogen (secondary N) is 1. The first kappa shape index (κ1) is 17.7. The minimum absolute atomic E-state index is 0.146. The zero-order chi connectivity index (χ0) is 18.7. The average molecular weight is 364 g/mol. The van der Waals surface area contributed by atoms with Gasteiger partial charge in [0.1, 0.15) is 0 Å². The SMILES string of the molecule is C[C@H](Sc1nc2ccccc2c(=O)n1C)C(=O)Nc1cccc(C#N)c1. The molecule has 2 aromatic carbocycles. The van der Waals surface area contributed by atoms with Crippen LogP contribution in [0.25, 0.3) is 10.9 Å². The number of para-hydroxylation sites is 1. The van der Waals surface area contributed by atoms with Gasteiger partial charge in [-0.3, -0.25) is 14.2 Å². The first-order valence-corrected chi connectivity index (χ1v) is 8.81. The van der Waals surface area contributed by atoms with E-state index in [-0.39, 0.29) is 11.5 Å². The summed E-state index contributed by atoms with van der Waals surface area (Å²) in [6.45, 7) is 1.75. The molecule has 0 saturated carbocycles. The highest BCUT2D eigenvalue weighted by molar-refractivity contribution is 8.00. The van der Waals surface area contributed by atoms with E-state index in [9.17, 15) is 9.59 Å². The summed E-state index contributed by atoms with van der Waals surface area (Å²) in [5.74, 6) is -0.229. The molecule has 1 atom stereocenters. The van der Waals surface area contributed by atoms with Crippen molar-refractivity contribution in [1.82, 2.24) is 9.55 Å². The van der Waals surface area contributed by atoms with E-state index in [2.05, 4.69) is 10.3 Å². The summed E-state index contributed by atoms with van der Waals surface area (Å²) < 4.78 is 1.45. The van der Waals surface area contributed by atoms with E-state index in [0.29, 0.717) is 27.3 Å². The number of hydrogen-bond donors (Lipinski definition) is 1. The van der Waals surface area contributed by atoms with Crippen molar-refractivity contribution in [2.24, 2.45) is 7.05 Å². The second kappa shape index (κ2) is 7.42. The molecule has 130 valence electrons. The number of nitrogens with zero attached hydrogens (tertiary/aromatic N) is 3. The van der Waals surface area contributed by atoms with Crippen LogP contribution in [0.15, 0.2) is 58.5 Å². The predicted molar refractivity (Wildman–Crippen MR) is 102 cm³/mol. The summed E-state index contributed by atoms with van der Waals surface area (Å²) in [5, 5.41) is 12.3. The van der Waals surface area contributed by atoms with Crippen molar-refractivity contribution in [3.8, 4) is 6.07 Å². The quantitative estimate of drug-likeness (QED) is 0.568. The Labute approximate surface area is 154 Å². The Morgan fingerprint density at radius 2 is 2.04 bits per heavy atom. The molecule has 0 radical (unpaired) electrons. The second-order valence-electron chi connectivity index (χ2n) is 5.72. The minimum Gasteiger partial charge on any atom is -0.325 e. The number of amides is 1. The molecule has 0 bridgehead atoms. The van der Waals surface area contributed by atoms with Gasteiger partial charge < -0.3 is 5.32 Å². The molecule has 26 heavy (non-hydrogen) atoms. The van der Waals surface area contributed by atoms with Crippen LogP contribution in [0.5, 0.6) is 0 Å². The minimum atomic E-state index is -0.472. The van der Waals surface area contributed by atoms with Crippen LogP contribution in [0, 0.1) is 11.3 Å². The number of anilines is 1. The smallest absolute Gasteiger partial charge is 0.261 e. The fraction of sp³-hybridized carbons (Fsp3) is 0.158. The lowest BCUT2D eigenvalue weighted by molar-refractivity contribution is -0.115. The Morgan fingerprint density at radius 3 is 2.81 bits per heavy atom. The number of carbonyl (C=O) groups is 1. The molecule has 1 aromatic heterocycles. The lowest BCUT2D eigenvalue weighted by Crippen LogP contribution is -2.25. The van der Waals surface area contributed by atoms with Gasteiger partial charge in [0.15, 0.2) is 5.16 Å². The van der Waals surface area contributed by atoms with Crippen LogP contribution in [0.2, 0.25) is 0 Å². The average Bonchev–Trinajstić information content (AvgIpc) is 2.66. The van der Waals surface area contributed by atoms with Gasteiger partial charge in [-0.15, -0.1) is 0 Å². The molecule has 0 aliphatic carbocycles. The Bertz CT molecular complexity index is 1080. The molecule has 0 aliphatic rings. The van der Waals surface area contributed by atoms with Crippen LogP contribution in [0.4, 0.5) is 5.69 Å². The van der Waals surface area contributed by atoms with Crippen LogP contribution in [0.3, 0.4) is 0 Å². The summed E-state index contributed by atoms with van der Waals surface area (Å²) in [6.07, 6.45) is 0. The molecule has 1 N–H and O–H groups in total. The van der Waals surface area contributed by atoms with Gasteiger partial charge in [0.2, 0.25) is 5.91 Å². The first-order chi connectivity index (χ1) is 12.5. The number of aromatic nitrogens is 2. The molecule has 0 aliphatic heterocycles. The second-order valence-corrected chi connectivity index (χ2v) is 7.03. The third-order valence-electron chi connectivity index (χ3n) is 3.85. The summed E-state index contributed by atoms with van der Waals surface area (Å²) in [4.78, 5) is 29.4. The molecule has 1 heterocycles. The predicted octanol–water partition coefficient (Wildman–Crippen LogP) is 2.92. The molecule has 0 fully saturated rings. The number of hydrogen-bond acceptors (Lipinski definition) is 5.